The van der Waals surface area contributed by atoms with E-state index in [1.165, 1.54) is 6.92 Å². The quantitative estimate of drug-likeness (QED) is 0.850. The topological polar surface area (TPSA) is 49.4 Å². The smallest absolute Gasteiger partial charge is 0.226 e. The van der Waals surface area contributed by atoms with Crippen molar-refractivity contribution in [3.63, 3.8) is 0 Å². The van der Waals surface area contributed by atoms with Crippen LogP contribution in [0.4, 0.5) is 5.69 Å². The van der Waals surface area contributed by atoms with E-state index in [4.69, 9.17) is 11.6 Å². The van der Waals surface area contributed by atoms with Gasteiger partial charge in [-0.15, -0.1) is 0 Å². The molecule has 0 spiro atoms. The van der Waals surface area contributed by atoms with Crippen LogP contribution < -0.4 is 5.32 Å². The summed E-state index contributed by atoms with van der Waals surface area (Å²) in [5.74, 6) is -0.186. The molecule has 5 heteroatoms. The van der Waals surface area contributed by atoms with Crippen LogP contribution in [0.2, 0.25) is 5.02 Å². The van der Waals surface area contributed by atoms with Gasteiger partial charge in [0.05, 0.1) is 6.04 Å². The van der Waals surface area contributed by atoms with E-state index in [9.17, 15) is 9.59 Å². The zero-order valence-corrected chi connectivity index (χ0v) is 14.6. The fourth-order valence-corrected chi connectivity index (χ4v) is 2.64. The summed E-state index contributed by atoms with van der Waals surface area (Å²) in [7, 11) is 0. The second-order valence-corrected chi connectivity index (χ2v) is 6.04. The molecule has 0 aromatic heterocycles. The molecular formula is C19H21ClN2O2. The molecule has 0 fully saturated rings. The lowest BCUT2D eigenvalue weighted by Gasteiger charge is -2.28. The summed E-state index contributed by atoms with van der Waals surface area (Å²) in [6.07, 6.45) is 0.235. The van der Waals surface area contributed by atoms with Crippen LogP contribution in [0.1, 0.15) is 31.9 Å². The molecule has 1 N–H and O–H groups in total. The number of hydrogen-bond acceptors (Lipinski definition) is 2. The Morgan fingerprint density at radius 2 is 1.71 bits per heavy atom. The maximum Gasteiger partial charge on any atom is 0.226 e. The minimum atomic E-state index is -0.135. The summed E-state index contributed by atoms with van der Waals surface area (Å²) in [6.45, 7) is 3.86. The van der Waals surface area contributed by atoms with Gasteiger partial charge in [-0.1, -0.05) is 41.9 Å². The van der Waals surface area contributed by atoms with Gasteiger partial charge in [-0.2, -0.15) is 0 Å². The molecule has 0 aliphatic heterocycles. The zero-order chi connectivity index (χ0) is 17.5. The average Bonchev–Trinajstić information content (AvgIpc) is 2.57. The molecule has 0 aliphatic rings. The van der Waals surface area contributed by atoms with Crippen molar-refractivity contribution < 1.29 is 9.59 Å². The third-order valence-corrected chi connectivity index (χ3v) is 4.11. The Morgan fingerprint density at radius 1 is 1.08 bits per heavy atom. The molecule has 1 atom stereocenters. The van der Waals surface area contributed by atoms with E-state index < -0.39 is 0 Å². The fourth-order valence-electron chi connectivity index (χ4n) is 2.51. The number of carbonyl (C=O) groups excluding carboxylic acids is 2. The molecule has 126 valence electrons. The van der Waals surface area contributed by atoms with Gasteiger partial charge in [-0.25, -0.2) is 0 Å². The van der Waals surface area contributed by atoms with E-state index in [0.29, 0.717) is 17.3 Å². The summed E-state index contributed by atoms with van der Waals surface area (Å²) in [4.78, 5) is 25.8. The third-order valence-electron chi connectivity index (χ3n) is 3.86. The van der Waals surface area contributed by atoms with Crippen LogP contribution in [-0.2, 0) is 9.59 Å². The van der Waals surface area contributed by atoms with Gasteiger partial charge in [-0.05, 0) is 36.8 Å². The first-order valence-corrected chi connectivity index (χ1v) is 8.22. The van der Waals surface area contributed by atoms with Crippen LogP contribution in [0, 0.1) is 0 Å². The predicted octanol–water partition coefficient (Wildman–Crippen LogP) is 4.28. The molecule has 1 unspecified atom stereocenters. The Hall–Kier alpha value is -2.33. The molecule has 0 radical (unpaired) electrons. The van der Waals surface area contributed by atoms with Crippen molar-refractivity contribution in [2.24, 2.45) is 0 Å². The number of nitrogens with one attached hydrogen (secondary N) is 1. The number of anilines is 1. The molecule has 0 heterocycles. The Bertz CT molecular complexity index is 686. The van der Waals surface area contributed by atoms with Gasteiger partial charge in [0, 0.05) is 30.6 Å². The molecule has 2 amide bonds. The maximum atomic E-state index is 12.1. The maximum absolute atomic E-state index is 12.1. The van der Waals surface area contributed by atoms with Crippen molar-refractivity contribution in [2.75, 3.05) is 11.9 Å². The number of carbonyl (C=O) groups is 2. The van der Waals surface area contributed by atoms with Gasteiger partial charge in [0.25, 0.3) is 0 Å². The van der Waals surface area contributed by atoms with Gasteiger partial charge in [-0.3, -0.25) is 9.59 Å². The summed E-state index contributed by atoms with van der Waals surface area (Å²) in [5, 5.41) is 3.42. The zero-order valence-electron chi connectivity index (χ0n) is 13.8. The van der Waals surface area contributed by atoms with Crippen LogP contribution in [0.5, 0.6) is 0 Å². The molecule has 2 aromatic carbocycles. The highest BCUT2D eigenvalue weighted by atomic mass is 35.5. The molecule has 0 saturated heterocycles. The Morgan fingerprint density at radius 3 is 2.29 bits per heavy atom. The van der Waals surface area contributed by atoms with Crippen molar-refractivity contribution in [2.45, 2.75) is 26.3 Å². The van der Waals surface area contributed by atoms with Gasteiger partial charge in [0.1, 0.15) is 0 Å². The molecule has 24 heavy (non-hydrogen) atoms. The summed E-state index contributed by atoms with van der Waals surface area (Å²) in [6, 6.07) is 16.6. The number of amides is 2. The summed E-state index contributed by atoms with van der Waals surface area (Å²) >= 11 is 5.82. The second kappa shape index (κ2) is 8.50. The van der Waals surface area contributed by atoms with Crippen molar-refractivity contribution >= 4 is 29.1 Å². The standard InChI is InChI=1S/C19H21ClN2O2/c1-14(16-6-4-3-5-7-16)22(15(2)23)13-12-19(24)21-18-10-8-17(20)9-11-18/h3-11,14H,12-13H2,1-2H3,(H,21,24). The molecule has 0 saturated carbocycles. The van der Waals surface area contributed by atoms with E-state index in [0.717, 1.165) is 5.56 Å². The molecule has 0 bridgehead atoms. The first-order valence-electron chi connectivity index (χ1n) is 7.85. The average molecular weight is 345 g/mol. The van der Waals surface area contributed by atoms with Crippen LogP contribution in [0.25, 0.3) is 0 Å². The lowest BCUT2D eigenvalue weighted by atomic mass is 10.1. The SMILES string of the molecule is CC(=O)N(CCC(=O)Nc1ccc(Cl)cc1)C(C)c1ccccc1. The molecular weight excluding hydrogens is 324 g/mol. The van der Waals surface area contributed by atoms with Gasteiger partial charge in [0.2, 0.25) is 11.8 Å². The van der Waals surface area contributed by atoms with Crippen molar-refractivity contribution in [3.05, 3.63) is 65.2 Å². The predicted molar refractivity (Wildman–Crippen MR) is 96.9 cm³/mol. The molecule has 4 nitrogen and oxygen atoms in total. The highest BCUT2D eigenvalue weighted by molar-refractivity contribution is 6.30. The first kappa shape index (κ1) is 18.0. The lowest BCUT2D eigenvalue weighted by Crippen LogP contribution is -2.34. The van der Waals surface area contributed by atoms with E-state index in [-0.39, 0.29) is 24.3 Å². The van der Waals surface area contributed by atoms with Gasteiger partial charge in [0.15, 0.2) is 0 Å². The largest absolute Gasteiger partial charge is 0.336 e. The molecule has 0 aliphatic carbocycles. The molecule has 2 aromatic rings. The van der Waals surface area contributed by atoms with Crippen LogP contribution >= 0.6 is 11.6 Å². The van der Waals surface area contributed by atoms with E-state index in [1.807, 2.05) is 37.3 Å². The Labute approximate surface area is 147 Å². The number of hydrogen-bond donors (Lipinski definition) is 1. The number of rotatable bonds is 6. The van der Waals surface area contributed by atoms with E-state index >= 15 is 0 Å². The van der Waals surface area contributed by atoms with Crippen molar-refractivity contribution in [1.82, 2.24) is 4.90 Å². The summed E-state index contributed by atoms with van der Waals surface area (Å²) in [5.41, 5.74) is 1.74. The van der Waals surface area contributed by atoms with Crippen molar-refractivity contribution in [3.8, 4) is 0 Å². The monoisotopic (exact) mass is 344 g/mol. The first-order chi connectivity index (χ1) is 11.5. The number of nitrogens with zero attached hydrogens (tertiary/aromatic N) is 1. The lowest BCUT2D eigenvalue weighted by molar-refractivity contribution is -0.131. The molecule has 2 rings (SSSR count). The highest BCUT2D eigenvalue weighted by Crippen LogP contribution is 2.20. The summed E-state index contributed by atoms with van der Waals surface area (Å²) < 4.78 is 0. The fraction of sp³-hybridized carbons (Fsp3) is 0.263. The third kappa shape index (κ3) is 5.10. The number of halogens is 1. The second-order valence-electron chi connectivity index (χ2n) is 5.60. The minimum Gasteiger partial charge on any atom is -0.336 e. The Balaban J connectivity index is 1.94. The Kier molecular flexibility index (Phi) is 6.38. The normalized spacial score (nSPS) is 11.6. The van der Waals surface area contributed by atoms with Crippen LogP contribution in [-0.4, -0.2) is 23.3 Å². The van der Waals surface area contributed by atoms with Crippen LogP contribution in [0.3, 0.4) is 0 Å². The van der Waals surface area contributed by atoms with E-state index in [2.05, 4.69) is 5.32 Å². The minimum absolute atomic E-state index is 0.0503. The van der Waals surface area contributed by atoms with Crippen molar-refractivity contribution in [1.29, 1.82) is 0 Å². The van der Waals surface area contributed by atoms with Crippen LogP contribution in [0.15, 0.2) is 54.6 Å². The number of benzene rings is 2. The van der Waals surface area contributed by atoms with Gasteiger partial charge < -0.3 is 10.2 Å². The van der Waals surface area contributed by atoms with Gasteiger partial charge >= 0.3 is 0 Å². The highest BCUT2D eigenvalue weighted by Gasteiger charge is 2.19. The van der Waals surface area contributed by atoms with E-state index in [1.54, 1.807) is 29.2 Å².